The molecule has 2 aliphatic rings. The molecular weight excluding hydrogens is 352 g/mol. The fourth-order valence-electron chi connectivity index (χ4n) is 4.30. The molecular formula is C22H34N4O2. The second-order valence-corrected chi connectivity index (χ2v) is 7.88. The summed E-state index contributed by atoms with van der Waals surface area (Å²) in [5.41, 5.74) is 1.95. The lowest BCUT2D eigenvalue weighted by Gasteiger charge is -2.35. The molecule has 0 bridgehead atoms. The van der Waals surface area contributed by atoms with Crippen molar-refractivity contribution in [3.63, 3.8) is 0 Å². The molecule has 1 aromatic carbocycles. The van der Waals surface area contributed by atoms with E-state index in [-0.39, 0.29) is 11.9 Å². The Morgan fingerprint density at radius 2 is 1.86 bits per heavy atom. The van der Waals surface area contributed by atoms with Gasteiger partial charge in [0.1, 0.15) is 0 Å². The fraction of sp³-hybridized carbons (Fsp3) is 0.636. The van der Waals surface area contributed by atoms with Crippen molar-refractivity contribution in [2.45, 2.75) is 39.0 Å². The highest BCUT2D eigenvalue weighted by molar-refractivity contribution is 5.94. The number of benzene rings is 1. The van der Waals surface area contributed by atoms with E-state index in [1.54, 1.807) is 0 Å². The van der Waals surface area contributed by atoms with Gasteiger partial charge in [0.25, 0.3) is 5.91 Å². The summed E-state index contributed by atoms with van der Waals surface area (Å²) in [6.45, 7) is 11.0. The summed E-state index contributed by atoms with van der Waals surface area (Å²) < 4.78 is 0. The average molecular weight is 387 g/mol. The first-order valence-corrected chi connectivity index (χ1v) is 10.8. The van der Waals surface area contributed by atoms with Crippen molar-refractivity contribution >= 4 is 11.9 Å². The standard InChI is InChI=1S/C22H34N4O2/c1-3-10-24-12-14-25(15-13-24)21(27)19-8-5-7-18(16-19)20-9-6-11-26(17-20)22(28)23-4-2/h5,7-8,16,20H,3-4,6,9-15,17H2,1-2H3,(H,23,28)/t20-/m1/s1. The largest absolute Gasteiger partial charge is 0.338 e. The number of carbonyl (C=O) groups is 2. The van der Waals surface area contributed by atoms with E-state index in [0.717, 1.165) is 70.6 Å². The molecule has 154 valence electrons. The van der Waals surface area contributed by atoms with Crippen molar-refractivity contribution in [1.82, 2.24) is 20.0 Å². The van der Waals surface area contributed by atoms with Gasteiger partial charge in [-0.25, -0.2) is 4.79 Å². The van der Waals surface area contributed by atoms with Gasteiger partial charge in [0.2, 0.25) is 0 Å². The highest BCUT2D eigenvalue weighted by Crippen LogP contribution is 2.28. The van der Waals surface area contributed by atoms with E-state index in [1.807, 2.05) is 34.9 Å². The SMILES string of the molecule is CCCN1CCN(C(=O)c2cccc([C@@H]3CCCN(C(=O)NCC)C3)c2)CC1. The van der Waals surface area contributed by atoms with Crippen LogP contribution < -0.4 is 5.32 Å². The Morgan fingerprint density at radius 1 is 1.07 bits per heavy atom. The van der Waals surface area contributed by atoms with Gasteiger partial charge in [0.15, 0.2) is 0 Å². The fourth-order valence-corrected chi connectivity index (χ4v) is 4.30. The monoisotopic (exact) mass is 386 g/mol. The zero-order chi connectivity index (χ0) is 19.9. The molecule has 2 heterocycles. The van der Waals surface area contributed by atoms with Crippen LogP contribution in [0.15, 0.2) is 24.3 Å². The van der Waals surface area contributed by atoms with Crippen LogP contribution in [0.3, 0.4) is 0 Å². The quantitative estimate of drug-likeness (QED) is 0.847. The van der Waals surface area contributed by atoms with Crippen LogP contribution in [0.5, 0.6) is 0 Å². The van der Waals surface area contributed by atoms with Crippen LogP contribution in [0.4, 0.5) is 4.79 Å². The molecule has 1 atom stereocenters. The Bertz CT molecular complexity index is 670. The Hall–Kier alpha value is -2.08. The second kappa shape index (κ2) is 9.92. The molecule has 0 radical (unpaired) electrons. The van der Waals surface area contributed by atoms with E-state index in [2.05, 4.69) is 23.2 Å². The van der Waals surface area contributed by atoms with E-state index < -0.39 is 0 Å². The predicted octanol–water partition coefficient (Wildman–Crippen LogP) is 2.76. The third-order valence-corrected chi connectivity index (χ3v) is 5.84. The lowest BCUT2D eigenvalue weighted by atomic mass is 9.89. The molecule has 2 aliphatic heterocycles. The minimum atomic E-state index is 0.0179. The molecule has 28 heavy (non-hydrogen) atoms. The minimum Gasteiger partial charge on any atom is -0.338 e. The zero-order valence-corrected chi connectivity index (χ0v) is 17.3. The van der Waals surface area contributed by atoms with E-state index in [1.165, 1.54) is 5.56 Å². The van der Waals surface area contributed by atoms with Crippen LogP contribution in [-0.2, 0) is 0 Å². The van der Waals surface area contributed by atoms with Crippen molar-refractivity contribution in [3.8, 4) is 0 Å². The number of piperidine rings is 1. The van der Waals surface area contributed by atoms with Gasteiger partial charge in [-0.3, -0.25) is 9.69 Å². The summed E-state index contributed by atoms with van der Waals surface area (Å²) >= 11 is 0. The molecule has 0 saturated carbocycles. The van der Waals surface area contributed by atoms with Crippen LogP contribution in [-0.4, -0.2) is 79.0 Å². The average Bonchev–Trinajstić information content (AvgIpc) is 2.74. The summed E-state index contributed by atoms with van der Waals surface area (Å²) in [4.78, 5) is 31.5. The lowest BCUT2D eigenvalue weighted by Crippen LogP contribution is -2.48. The number of likely N-dealkylation sites (tertiary alicyclic amines) is 1. The molecule has 0 unspecified atom stereocenters. The number of amides is 3. The van der Waals surface area contributed by atoms with Gasteiger partial charge in [-0.05, 0) is 50.4 Å². The van der Waals surface area contributed by atoms with E-state index in [0.29, 0.717) is 12.5 Å². The Balaban J connectivity index is 1.63. The van der Waals surface area contributed by atoms with Crippen LogP contribution in [0.2, 0.25) is 0 Å². The third kappa shape index (κ3) is 5.04. The van der Waals surface area contributed by atoms with Gasteiger partial charge < -0.3 is 15.1 Å². The molecule has 3 amide bonds. The molecule has 6 nitrogen and oxygen atoms in total. The first-order chi connectivity index (χ1) is 13.6. The summed E-state index contributed by atoms with van der Waals surface area (Å²) in [5.74, 6) is 0.430. The van der Waals surface area contributed by atoms with Crippen LogP contribution in [0, 0.1) is 0 Å². The van der Waals surface area contributed by atoms with Gasteiger partial charge >= 0.3 is 6.03 Å². The highest BCUT2D eigenvalue weighted by Gasteiger charge is 2.26. The van der Waals surface area contributed by atoms with Crippen molar-refractivity contribution < 1.29 is 9.59 Å². The first-order valence-electron chi connectivity index (χ1n) is 10.8. The summed E-state index contributed by atoms with van der Waals surface area (Å²) in [6.07, 6.45) is 3.22. The minimum absolute atomic E-state index is 0.0179. The summed E-state index contributed by atoms with van der Waals surface area (Å²) in [7, 11) is 0. The Kier molecular flexibility index (Phi) is 7.31. The topological polar surface area (TPSA) is 55.9 Å². The number of hydrogen-bond donors (Lipinski definition) is 1. The zero-order valence-electron chi connectivity index (χ0n) is 17.3. The van der Waals surface area contributed by atoms with Gasteiger partial charge in [0.05, 0.1) is 0 Å². The van der Waals surface area contributed by atoms with E-state index in [4.69, 9.17) is 0 Å². The van der Waals surface area contributed by atoms with Crippen molar-refractivity contribution in [3.05, 3.63) is 35.4 Å². The molecule has 2 saturated heterocycles. The first kappa shape index (κ1) is 20.6. The molecule has 1 N–H and O–H groups in total. The predicted molar refractivity (Wildman–Crippen MR) is 112 cm³/mol. The number of nitrogens with zero attached hydrogens (tertiary/aromatic N) is 3. The van der Waals surface area contributed by atoms with Crippen LogP contribution in [0.1, 0.15) is 54.9 Å². The lowest BCUT2D eigenvalue weighted by molar-refractivity contribution is 0.0637. The summed E-state index contributed by atoms with van der Waals surface area (Å²) in [6, 6.07) is 8.08. The number of rotatable bonds is 5. The molecule has 0 aromatic heterocycles. The molecule has 2 fully saturated rings. The van der Waals surface area contributed by atoms with Gasteiger partial charge in [0, 0.05) is 57.3 Å². The maximum atomic E-state index is 13.0. The molecule has 0 aliphatic carbocycles. The number of nitrogens with one attached hydrogen (secondary N) is 1. The normalized spacial score (nSPS) is 20.9. The Morgan fingerprint density at radius 3 is 2.57 bits per heavy atom. The van der Waals surface area contributed by atoms with E-state index in [9.17, 15) is 9.59 Å². The molecule has 3 rings (SSSR count). The number of carbonyl (C=O) groups excluding carboxylic acids is 2. The third-order valence-electron chi connectivity index (χ3n) is 5.84. The highest BCUT2D eigenvalue weighted by atomic mass is 16.2. The van der Waals surface area contributed by atoms with Crippen LogP contribution in [0.25, 0.3) is 0 Å². The van der Waals surface area contributed by atoms with E-state index >= 15 is 0 Å². The Labute approximate surface area is 168 Å². The van der Waals surface area contributed by atoms with Crippen molar-refractivity contribution in [1.29, 1.82) is 0 Å². The van der Waals surface area contributed by atoms with Gasteiger partial charge in [-0.2, -0.15) is 0 Å². The smallest absolute Gasteiger partial charge is 0.317 e. The maximum Gasteiger partial charge on any atom is 0.317 e. The number of hydrogen-bond acceptors (Lipinski definition) is 3. The molecule has 6 heteroatoms. The van der Waals surface area contributed by atoms with Crippen LogP contribution >= 0.6 is 0 Å². The maximum absolute atomic E-state index is 13.0. The van der Waals surface area contributed by atoms with Crippen molar-refractivity contribution in [2.75, 3.05) is 52.4 Å². The van der Waals surface area contributed by atoms with Gasteiger partial charge in [-0.1, -0.05) is 19.1 Å². The number of piperazine rings is 1. The number of urea groups is 1. The molecule has 0 spiro atoms. The van der Waals surface area contributed by atoms with Crippen molar-refractivity contribution in [2.24, 2.45) is 0 Å². The summed E-state index contributed by atoms with van der Waals surface area (Å²) in [5, 5.41) is 2.89. The molecule has 1 aromatic rings. The van der Waals surface area contributed by atoms with Gasteiger partial charge in [-0.15, -0.1) is 0 Å². The second-order valence-electron chi connectivity index (χ2n) is 7.88.